The first-order chi connectivity index (χ1) is 9.69. The number of aryl methyl sites for hydroxylation is 2. The minimum Gasteiger partial charge on any atom is -0.330 e. The molecule has 1 aromatic carbocycles. The third kappa shape index (κ3) is 2.18. The number of aromatic nitrogens is 3. The van der Waals surface area contributed by atoms with Gasteiger partial charge < -0.3 is 5.73 Å². The Hall–Kier alpha value is -2.20. The Bertz CT molecular complexity index is 741. The molecule has 2 aromatic heterocycles. The number of nitrogens with zero attached hydrogens (tertiary/aromatic N) is 3. The van der Waals surface area contributed by atoms with Gasteiger partial charge in [-0.15, -0.1) is 0 Å². The van der Waals surface area contributed by atoms with E-state index in [0.717, 1.165) is 34.7 Å². The zero-order chi connectivity index (χ0) is 14.1. The molecule has 0 spiro atoms. The zero-order valence-electron chi connectivity index (χ0n) is 11.8. The number of hydrogen-bond donors (Lipinski definition) is 1. The number of rotatable bonds is 3. The highest BCUT2D eigenvalue weighted by Gasteiger charge is 2.10. The zero-order valence-corrected chi connectivity index (χ0v) is 11.8. The molecule has 2 N–H and O–H groups in total. The van der Waals surface area contributed by atoms with Crippen molar-refractivity contribution >= 4 is 5.65 Å². The summed E-state index contributed by atoms with van der Waals surface area (Å²) in [6.45, 7) is 4.68. The van der Waals surface area contributed by atoms with Crippen molar-refractivity contribution in [3.63, 3.8) is 0 Å². The van der Waals surface area contributed by atoms with Gasteiger partial charge in [0.1, 0.15) is 11.5 Å². The Morgan fingerprint density at radius 1 is 1.15 bits per heavy atom. The van der Waals surface area contributed by atoms with E-state index >= 15 is 0 Å². The lowest BCUT2D eigenvalue weighted by molar-refractivity contribution is 0.933. The van der Waals surface area contributed by atoms with E-state index in [4.69, 9.17) is 10.7 Å². The van der Waals surface area contributed by atoms with Crippen LogP contribution in [0.2, 0.25) is 0 Å². The topological polar surface area (TPSA) is 56.2 Å². The van der Waals surface area contributed by atoms with Crippen LogP contribution in [-0.4, -0.2) is 20.9 Å². The van der Waals surface area contributed by atoms with Gasteiger partial charge in [0.2, 0.25) is 0 Å². The van der Waals surface area contributed by atoms with E-state index in [1.165, 1.54) is 5.56 Å². The molecule has 0 fully saturated rings. The lowest BCUT2D eigenvalue weighted by atomic mass is 10.1. The first kappa shape index (κ1) is 12.8. The number of hydrogen-bond acceptors (Lipinski definition) is 3. The van der Waals surface area contributed by atoms with Crippen LogP contribution < -0.4 is 5.73 Å². The van der Waals surface area contributed by atoms with Crippen LogP contribution in [0.3, 0.4) is 0 Å². The van der Waals surface area contributed by atoms with Crippen LogP contribution >= 0.6 is 0 Å². The van der Waals surface area contributed by atoms with Gasteiger partial charge in [-0.2, -0.15) is 0 Å². The third-order valence-corrected chi connectivity index (χ3v) is 3.49. The third-order valence-electron chi connectivity index (χ3n) is 3.49. The van der Waals surface area contributed by atoms with E-state index < -0.39 is 0 Å². The maximum atomic E-state index is 5.62. The normalized spacial score (nSPS) is 11.2. The monoisotopic (exact) mass is 266 g/mol. The molecule has 3 aromatic rings. The summed E-state index contributed by atoms with van der Waals surface area (Å²) in [6.07, 6.45) is 4.71. The fraction of sp³-hybridized carbons (Fsp3) is 0.250. The molecule has 20 heavy (non-hydrogen) atoms. The summed E-state index contributed by atoms with van der Waals surface area (Å²) in [7, 11) is 0. The van der Waals surface area contributed by atoms with Gasteiger partial charge in [-0.3, -0.25) is 4.40 Å². The van der Waals surface area contributed by atoms with E-state index in [9.17, 15) is 0 Å². The molecular formula is C16H18N4. The standard InChI is InChI=1S/C16H18N4/c1-11-3-5-13(6-4-11)15-9-18-12(2)20-10-14(7-8-17)19-16(15)20/h3-6,9-10H,7-8,17H2,1-2H3. The summed E-state index contributed by atoms with van der Waals surface area (Å²) in [4.78, 5) is 9.18. The lowest BCUT2D eigenvalue weighted by Gasteiger charge is -2.06. The second-order valence-electron chi connectivity index (χ2n) is 5.05. The maximum Gasteiger partial charge on any atom is 0.147 e. The highest BCUT2D eigenvalue weighted by atomic mass is 15.1. The number of fused-ring (bicyclic) bond motifs is 1. The Balaban J connectivity index is 2.20. The fourth-order valence-electron chi connectivity index (χ4n) is 2.35. The molecule has 0 unspecified atom stereocenters. The molecule has 0 aliphatic carbocycles. The summed E-state index contributed by atoms with van der Waals surface area (Å²) < 4.78 is 2.04. The predicted octanol–water partition coefficient (Wildman–Crippen LogP) is 2.51. The molecule has 4 heteroatoms. The van der Waals surface area contributed by atoms with E-state index in [1.807, 2.05) is 23.7 Å². The molecule has 0 radical (unpaired) electrons. The van der Waals surface area contributed by atoms with Crippen LogP contribution in [0.15, 0.2) is 36.7 Å². The molecule has 0 saturated heterocycles. The maximum absolute atomic E-state index is 5.62. The van der Waals surface area contributed by atoms with Crippen molar-refractivity contribution in [1.29, 1.82) is 0 Å². The molecular weight excluding hydrogens is 248 g/mol. The second kappa shape index (κ2) is 5.06. The van der Waals surface area contributed by atoms with Gasteiger partial charge in [0.05, 0.1) is 5.69 Å². The first-order valence-corrected chi connectivity index (χ1v) is 6.79. The van der Waals surface area contributed by atoms with Gasteiger partial charge in [-0.1, -0.05) is 29.8 Å². The van der Waals surface area contributed by atoms with Gasteiger partial charge in [-0.25, -0.2) is 9.97 Å². The SMILES string of the molecule is Cc1ccc(-c2cnc(C)n3cc(CCN)nc23)cc1. The minimum atomic E-state index is 0.607. The number of imidazole rings is 1. The van der Waals surface area contributed by atoms with Gasteiger partial charge in [0.25, 0.3) is 0 Å². The second-order valence-corrected chi connectivity index (χ2v) is 5.05. The Morgan fingerprint density at radius 2 is 1.90 bits per heavy atom. The van der Waals surface area contributed by atoms with Crippen molar-refractivity contribution in [2.24, 2.45) is 5.73 Å². The Labute approximate surface area is 118 Å². The number of benzene rings is 1. The lowest BCUT2D eigenvalue weighted by Crippen LogP contribution is -2.02. The van der Waals surface area contributed by atoms with Crippen LogP contribution in [0, 0.1) is 13.8 Å². The molecule has 2 heterocycles. The molecule has 102 valence electrons. The molecule has 0 amide bonds. The number of nitrogens with two attached hydrogens (primary N) is 1. The summed E-state index contributed by atoms with van der Waals surface area (Å²) in [6, 6.07) is 8.43. The van der Waals surface area contributed by atoms with E-state index in [-0.39, 0.29) is 0 Å². The molecule has 0 saturated carbocycles. The van der Waals surface area contributed by atoms with Gasteiger partial charge in [0, 0.05) is 24.4 Å². The average molecular weight is 266 g/mol. The first-order valence-electron chi connectivity index (χ1n) is 6.79. The van der Waals surface area contributed by atoms with Crippen molar-refractivity contribution in [3.8, 4) is 11.1 Å². The van der Waals surface area contributed by atoms with Crippen molar-refractivity contribution in [3.05, 3.63) is 53.7 Å². The Morgan fingerprint density at radius 3 is 2.60 bits per heavy atom. The van der Waals surface area contributed by atoms with Gasteiger partial charge in [0.15, 0.2) is 0 Å². The average Bonchev–Trinajstić information content (AvgIpc) is 2.86. The van der Waals surface area contributed by atoms with Crippen molar-refractivity contribution in [2.45, 2.75) is 20.3 Å². The van der Waals surface area contributed by atoms with Crippen molar-refractivity contribution in [2.75, 3.05) is 6.54 Å². The summed E-state index contributed by atoms with van der Waals surface area (Å²) in [5.74, 6) is 0.937. The van der Waals surface area contributed by atoms with Crippen molar-refractivity contribution in [1.82, 2.24) is 14.4 Å². The molecule has 3 rings (SSSR count). The van der Waals surface area contributed by atoms with Crippen molar-refractivity contribution < 1.29 is 0 Å². The summed E-state index contributed by atoms with van der Waals surface area (Å²) >= 11 is 0. The minimum absolute atomic E-state index is 0.607. The van der Waals surface area contributed by atoms with Crippen LogP contribution in [0.1, 0.15) is 17.1 Å². The smallest absolute Gasteiger partial charge is 0.147 e. The molecule has 0 atom stereocenters. The van der Waals surface area contributed by atoms with E-state index in [2.05, 4.69) is 36.2 Å². The van der Waals surface area contributed by atoms with Crippen LogP contribution in [-0.2, 0) is 6.42 Å². The van der Waals surface area contributed by atoms with Gasteiger partial charge in [-0.05, 0) is 26.0 Å². The summed E-state index contributed by atoms with van der Waals surface area (Å²) in [5, 5.41) is 0. The molecule has 0 aliphatic rings. The summed E-state index contributed by atoms with van der Waals surface area (Å²) in [5.41, 5.74) is 11.0. The predicted molar refractivity (Wildman–Crippen MR) is 80.7 cm³/mol. The fourth-order valence-corrected chi connectivity index (χ4v) is 2.35. The quantitative estimate of drug-likeness (QED) is 0.792. The van der Waals surface area contributed by atoms with Crippen LogP contribution in [0.4, 0.5) is 0 Å². The van der Waals surface area contributed by atoms with E-state index in [0.29, 0.717) is 6.54 Å². The molecule has 4 nitrogen and oxygen atoms in total. The van der Waals surface area contributed by atoms with E-state index in [1.54, 1.807) is 0 Å². The Kier molecular flexibility index (Phi) is 3.24. The van der Waals surface area contributed by atoms with Crippen LogP contribution in [0.5, 0.6) is 0 Å². The largest absolute Gasteiger partial charge is 0.330 e. The van der Waals surface area contributed by atoms with Crippen LogP contribution in [0.25, 0.3) is 16.8 Å². The highest BCUT2D eigenvalue weighted by Crippen LogP contribution is 2.24. The molecule has 0 aliphatic heterocycles. The van der Waals surface area contributed by atoms with Gasteiger partial charge >= 0.3 is 0 Å². The molecule has 0 bridgehead atoms. The highest BCUT2D eigenvalue weighted by molar-refractivity contribution is 5.77.